The standard InChI is InChI=1S/C9H18O2.2C2H4O2.2Hg/c1-6-10-8(3)9(4,5)11-7-2;2*1-2(3)4;;/h8H,3-4,6-7H2,1-2,5H3;2*1H3,(H,3,4);;. The van der Waals surface area contributed by atoms with Crippen molar-refractivity contribution in [1.29, 1.82) is 0 Å². The molecule has 0 aromatic rings. The zero-order valence-electron chi connectivity index (χ0n) is 13.8. The normalized spacial score (nSPS) is 13.8. The molecule has 0 rings (SSSR count). The fraction of sp³-hybridized carbons (Fsp3) is 0.846. The summed E-state index contributed by atoms with van der Waals surface area (Å²) in [4.78, 5) is 18.0. The SMILES string of the molecule is CC(=O)O.CC(=O)O.CCOC([CH2][Hg])C(C)([CH2][Hg])OCC. The Hall–Kier alpha value is 0.730. The zero-order chi connectivity index (χ0) is 17.5. The molecule has 0 saturated heterocycles. The second-order valence-corrected chi connectivity index (χ2v) is 8.45. The summed E-state index contributed by atoms with van der Waals surface area (Å²) in [6, 6.07) is 0. The number of aliphatic carboxylic acids is 2. The molecule has 0 aromatic heterocycles. The molecule has 0 aliphatic heterocycles. The molecule has 6 nitrogen and oxygen atoms in total. The van der Waals surface area contributed by atoms with Crippen molar-refractivity contribution in [1.82, 2.24) is 0 Å². The van der Waals surface area contributed by atoms with Gasteiger partial charge in [-0.05, 0) is 0 Å². The topological polar surface area (TPSA) is 93.1 Å². The quantitative estimate of drug-likeness (QED) is 0.402. The van der Waals surface area contributed by atoms with Crippen LogP contribution in [0.15, 0.2) is 0 Å². The summed E-state index contributed by atoms with van der Waals surface area (Å²) in [6.07, 6.45) is 0.360. The first-order chi connectivity index (χ1) is 9.60. The minimum atomic E-state index is -0.833. The Balaban J connectivity index is -0.000000334. The summed E-state index contributed by atoms with van der Waals surface area (Å²) >= 11 is 1.60. The van der Waals surface area contributed by atoms with Crippen LogP contribution in [0.25, 0.3) is 0 Å². The van der Waals surface area contributed by atoms with Crippen molar-refractivity contribution in [2.45, 2.75) is 54.2 Å². The van der Waals surface area contributed by atoms with Crippen molar-refractivity contribution in [2.75, 3.05) is 13.2 Å². The molecule has 0 aromatic carbocycles. The molecule has 118 valence electrons. The average molecular weight is 680 g/mol. The van der Waals surface area contributed by atoms with Crippen molar-refractivity contribution in [2.24, 2.45) is 0 Å². The van der Waals surface area contributed by atoms with Gasteiger partial charge in [0.1, 0.15) is 0 Å². The molecule has 0 heterocycles. The Morgan fingerprint density at radius 2 is 1.48 bits per heavy atom. The van der Waals surface area contributed by atoms with Crippen molar-refractivity contribution < 1.29 is 81.5 Å². The van der Waals surface area contributed by atoms with Crippen LogP contribution in [-0.2, 0) is 71.3 Å². The molecule has 0 radical (unpaired) electrons. The van der Waals surface area contributed by atoms with Gasteiger partial charge in [-0.3, -0.25) is 9.59 Å². The Labute approximate surface area is 159 Å². The zero-order valence-corrected chi connectivity index (χ0v) is 24.8. The van der Waals surface area contributed by atoms with Gasteiger partial charge in [0, 0.05) is 13.8 Å². The maximum absolute atomic E-state index is 9.00. The summed E-state index contributed by atoms with van der Waals surface area (Å²) in [7, 11) is 0. The van der Waals surface area contributed by atoms with Gasteiger partial charge in [0.15, 0.2) is 0 Å². The van der Waals surface area contributed by atoms with Gasteiger partial charge in [-0.15, -0.1) is 0 Å². The van der Waals surface area contributed by atoms with Crippen LogP contribution in [0.5, 0.6) is 0 Å². The van der Waals surface area contributed by atoms with Crippen LogP contribution in [-0.4, -0.2) is 47.1 Å². The Morgan fingerprint density at radius 1 is 1.10 bits per heavy atom. The van der Waals surface area contributed by atoms with E-state index < -0.39 is 11.9 Å². The van der Waals surface area contributed by atoms with Gasteiger partial charge in [-0.1, -0.05) is 0 Å². The first kappa shape index (κ1) is 26.6. The Morgan fingerprint density at radius 3 is 1.67 bits per heavy atom. The van der Waals surface area contributed by atoms with Crippen molar-refractivity contribution in [3.05, 3.63) is 0 Å². The first-order valence-corrected chi connectivity index (χ1v) is 14.6. The average Bonchev–Trinajstić information content (AvgIpc) is 2.34. The molecule has 2 N–H and O–H groups in total. The van der Waals surface area contributed by atoms with Crippen molar-refractivity contribution in [3.8, 4) is 0 Å². The number of hydrogen-bond donors (Lipinski definition) is 2. The van der Waals surface area contributed by atoms with E-state index in [1.54, 1.807) is 0 Å². The molecule has 2 atom stereocenters. The van der Waals surface area contributed by atoms with Gasteiger partial charge in [-0.2, -0.15) is 0 Å². The van der Waals surface area contributed by atoms with Crippen LogP contribution in [0.3, 0.4) is 0 Å². The summed E-state index contributed by atoms with van der Waals surface area (Å²) in [6.45, 7) is 10.2. The van der Waals surface area contributed by atoms with Crippen molar-refractivity contribution >= 4 is 11.9 Å². The second kappa shape index (κ2) is 17.1. The third kappa shape index (κ3) is 20.7. The summed E-state index contributed by atoms with van der Waals surface area (Å²) in [5, 5.41) is 14.8. The van der Waals surface area contributed by atoms with E-state index in [2.05, 4.69) is 20.8 Å². The fourth-order valence-corrected chi connectivity index (χ4v) is 6.26. The third-order valence-corrected chi connectivity index (χ3v) is 8.18. The van der Waals surface area contributed by atoms with E-state index >= 15 is 0 Å². The van der Waals surface area contributed by atoms with E-state index in [4.69, 9.17) is 29.3 Å². The van der Waals surface area contributed by atoms with Gasteiger partial charge >= 0.3 is 115 Å². The molecule has 21 heavy (non-hydrogen) atoms. The number of rotatable bonds is 7. The second-order valence-electron chi connectivity index (χ2n) is 4.27. The Bertz CT molecular complexity index is 255. The van der Waals surface area contributed by atoms with E-state index in [0.29, 0.717) is 6.10 Å². The van der Waals surface area contributed by atoms with E-state index in [-0.39, 0.29) is 5.60 Å². The molecule has 0 amide bonds. The van der Waals surface area contributed by atoms with Crippen LogP contribution < -0.4 is 0 Å². The summed E-state index contributed by atoms with van der Waals surface area (Å²) < 4.78 is 14.1. The number of carbonyl (C=O) groups is 2. The number of ether oxygens (including phenoxy) is 2. The van der Waals surface area contributed by atoms with E-state index in [9.17, 15) is 0 Å². The number of carboxylic acids is 2. The van der Waals surface area contributed by atoms with Crippen LogP contribution >= 0.6 is 0 Å². The molecule has 0 aliphatic rings. The van der Waals surface area contributed by atoms with Crippen LogP contribution in [0, 0.1) is 0 Å². The van der Waals surface area contributed by atoms with Crippen LogP contribution in [0.1, 0.15) is 34.6 Å². The molecule has 0 aliphatic carbocycles. The van der Waals surface area contributed by atoms with Gasteiger partial charge in [-0.25, -0.2) is 0 Å². The van der Waals surface area contributed by atoms with Crippen LogP contribution in [0.2, 0.25) is 7.86 Å². The Kier molecular flexibility index (Phi) is 21.7. The fourth-order valence-electron chi connectivity index (χ4n) is 1.42. The van der Waals surface area contributed by atoms with Crippen LogP contribution in [0.4, 0.5) is 0 Å². The maximum atomic E-state index is 9.00. The van der Waals surface area contributed by atoms with Gasteiger partial charge in [0.2, 0.25) is 0 Å². The molecule has 0 saturated carbocycles. The van der Waals surface area contributed by atoms with E-state index in [1.165, 1.54) is 7.86 Å². The summed E-state index contributed by atoms with van der Waals surface area (Å²) in [5.74, 6) is -1.67. The third-order valence-electron chi connectivity index (χ3n) is 2.28. The summed E-state index contributed by atoms with van der Waals surface area (Å²) in [5.41, 5.74) is 0.0234. The molecule has 2 unspecified atom stereocenters. The van der Waals surface area contributed by atoms with Gasteiger partial charge in [0.05, 0.1) is 0 Å². The first-order valence-electron chi connectivity index (χ1n) is 6.84. The molecule has 0 bridgehead atoms. The van der Waals surface area contributed by atoms with E-state index in [1.807, 2.05) is 0 Å². The molecule has 0 spiro atoms. The monoisotopic (exact) mass is 682 g/mol. The minimum absolute atomic E-state index is 0.0234. The van der Waals surface area contributed by atoms with Crippen molar-refractivity contribution in [3.63, 3.8) is 0 Å². The number of carboxylic acid groups (broad SMARTS) is 2. The van der Waals surface area contributed by atoms with E-state index in [0.717, 1.165) is 79.3 Å². The predicted octanol–water partition coefficient (Wildman–Crippen LogP) is 2.30. The molecule has 8 heteroatoms. The predicted molar refractivity (Wildman–Crippen MR) is 71.7 cm³/mol. The molecular formula is C13H26Hg2O6. The van der Waals surface area contributed by atoms with Gasteiger partial charge < -0.3 is 10.2 Å². The molecular weight excluding hydrogens is 653 g/mol. The van der Waals surface area contributed by atoms with Gasteiger partial charge in [0.25, 0.3) is 11.9 Å². The molecule has 0 fully saturated rings. The number of hydrogen-bond acceptors (Lipinski definition) is 4.